The highest BCUT2D eigenvalue weighted by Crippen LogP contribution is 2.71. The summed E-state index contributed by atoms with van der Waals surface area (Å²) < 4.78 is 0. The lowest BCUT2D eigenvalue weighted by Gasteiger charge is -2.61. The zero-order chi connectivity index (χ0) is 19.1. The molecule has 0 saturated heterocycles. The summed E-state index contributed by atoms with van der Waals surface area (Å²) in [7, 11) is 0. The third-order valence-corrected chi connectivity index (χ3v) is 9.80. The summed E-state index contributed by atoms with van der Waals surface area (Å²) in [5.74, 6) is 2.09. The molecule has 3 nitrogen and oxygen atoms in total. The van der Waals surface area contributed by atoms with Crippen molar-refractivity contribution in [1.29, 1.82) is 0 Å². The Labute approximate surface area is 157 Å². The van der Waals surface area contributed by atoms with Gasteiger partial charge in [-0.25, -0.2) is 0 Å². The summed E-state index contributed by atoms with van der Waals surface area (Å²) in [6, 6.07) is 0. The Kier molecular flexibility index (Phi) is 3.91. The first-order valence-electron chi connectivity index (χ1n) is 10.5. The summed E-state index contributed by atoms with van der Waals surface area (Å²) in [5.41, 5.74) is 0.762. The quantitative estimate of drug-likeness (QED) is 0.759. The number of aliphatic hydroxyl groups excluding tert-OH is 1. The van der Waals surface area contributed by atoms with E-state index in [1.807, 2.05) is 6.08 Å². The van der Waals surface area contributed by atoms with Gasteiger partial charge in [-0.1, -0.05) is 33.3 Å². The number of allylic oxidation sites excluding steroid dienone is 1. The summed E-state index contributed by atoms with van der Waals surface area (Å²) >= 11 is 0. The summed E-state index contributed by atoms with van der Waals surface area (Å²) in [5, 5.41) is 11.4. The molecule has 0 aromatic carbocycles. The number of rotatable bonds is 1. The van der Waals surface area contributed by atoms with E-state index in [2.05, 4.69) is 27.7 Å². The van der Waals surface area contributed by atoms with E-state index >= 15 is 0 Å². The molecule has 8 unspecified atom stereocenters. The minimum absolute atomic E-state index is 0.0456. The SMILES string of the molecule is CC(=O)C1(C)C(C)CC2C3CCC4=CC(=O)CCC4(C)C3C(O)CC21C. The van der Waals surface area contributed by atoms with Gasteiger partial charge in [0, 0.05) is 11.8 Å². The van der Waals surface area contributed by atoms with Crippen molar-refractivity contribution in [3.63, 3.8) is 0 Å². The van der Waals surface area contributed by atoms with Gasteiger partial charge in [0.25, 0.3) is 0 Å². The monoisotopic (exact) mass is 358 g/mol. The van der Waals surface area contributed by atoms with Crippen LogP contribution in [0.15, 0.2) is 11.6 Å². The molecule has 0 aliphatic heterocycles. The number of ketones is 2. The van der Waals surface area contributed by atoms with Gasteiger partial charge in [0.15, 0.2) is 5.78 Å². The van der Waals surface area contributed by atoms with Gasteiger partial charge in [-0.15, -0.1) is 0 Å². The molecule has 26 heavy (non-hydrogen) atoms. The van der Waals surface area contributed by atoms with Crippen LogP contribution >= 0.6 is 0 Å². The van der Waals surface area contributed by atoms with Gasteiger partial charge in [-0.3, -0.25) is 9.59 Å². The van der Waals surface area contributed by atoms with Crippen molar-refractivity contribution in [2.24, 2.45) is 39.9 Å². The van der Waals surface area contributed by atoms with E-state index in [4.69, 9.17) is 0 Å². The second kappa shape index (κ2) is 5.53. The molecule has 1 N–H and O–H groups in total. The van der Waals surface area contributed by atoms with E-state index in [-0.39, 0.29) is 39.8 Å². The second-order valence-corrected chi connectivity index (χ2v) is 10.5. The van der Waals surface area contributed by atoms with Crippen molar-refractivity contribution in [3.05, 3.63) is 11.6 Å². The van der Waals surface area contributed by atoms with Crippen molar-refractivity contribution >= 4 is 11.6 Å². The maximum Gasteiger partial charge on any atom is 0.155 e. The average molecular weight is 359 g/mol. The molecule has 0 bridgehead atoms. The van der Waals surface area contributed by atoms with Crippen molar-refractivity contribution in [1.82, 2.24) is 0 Å². The number of hydrogen-bond donors (Lipinski definition) is 1. The zero-order valence-electron chi connectivity index (χ0n) is 17.0. The van der Waals surface area contributed by atoms with Crippen LogP contribution in [0.25, 0.3) is 0 Å². The van der Waals surface area contributed by atoms with E-state index < -0.39 is 0 Å². The van der Waals surface area contributed by atoms with Gasteiger partial charge >= 0.3 is 0 Å². The molecule has 4 aliphatic rings. The molecule has 3 heteroatoms. The first kappa shape index (κ1) is 18.4. The fraction of sp³-hybridized carbons (Fsp3) is 0.826. The molecule has 0 aromatic rings. The van der Waals surface area contributed by atoms with Crippen LogP contribution in [0.3, 0.4) is 0 Å². The largest absolute Gasteiger partial charge is 0.393 e. The lowest BCUT2D eigenvalue weighted by Crippen LogP contribution is -2.59. The molecule has 4 aliphatic carbocycles. The Hall–Kier alpha value is -0.960. The molecule has 3 saturated carbocycles. The summed E-state index contributed by atoms with van der Waals surface area (Å²) in [6.45, 7) is 10.7. The Balaban J connectivity index is 1.78. The zero-order valence-corrected chi connectivity index (χ0v) is 17.0. The van der Waals surface area contributed by atoms with Gasteiger partial charge in [0.05, 0.1) is 6.10 Å². The topological polar surface area (TPSA) is 54.4 Å². The van der Waals surface area contributed by atoms with E-state index in [9.17, 15) is 14.7 Å². The highest BCUT2D eigenvalue weighted by Gasteiger charge is 2.68. The maximum atomic E-state index is 12.7. The van der Waals surface area contributed by atoms with Crippen LogP contribution in [-0.2, 0) is 9.59 Å². The Morgan fingerprint density at radius 1 is 1.23 bits per heavy atom. The Morgan fingerprint density at radius 3 is 2.58 bits per heavy atom. The molecular formula is C23H34O3. The van der Waals surface area contributed by atoms with Crippen molar-refractivity contribution in [2.45, 2.75) is 79.2 Å². The molecule has 0 spiro atoms. The fourth-order valence-corrected chi connectivity index (χ4v) is 7.99. The van der Waals surface area contributed by atoms with Gasteiger partial charge in [0.1, 0.15) is 5.78 Å². The number of fused-ring (bicyclic) bond motifs is 5. The maximum absolute atomic E-state index is 12.7. The first-order chi connectivity index (χ1) is 12.1. The number of Topliss-reactive ketones (excluding diaryl/α,β-unsaturated/α-hetero) is 1. The van der Waals surface area contributed by atoms with E-state index in [0.29, 0.717) is 24.2 Å². The number of carbonyl (C=O) groups excluding carboxylic acids is 2. The first-order valence-corrected chi connectivity index (χ1v) is 10.5. The van der Waals surface area contributed by atoms with Crippen LogP contribution < -0.4 is 0 Å². The van der Waals surface area contributed by atoms with Crippen LogP contribution in [0.4, 0.5) is 0 Å². The predicted octanol–water partition coefficient (Wildman–Crippen LogP) is 4.33. The molecule has 0 heterocycles. The third kappa shape index (κ3) is 2.04. The van der Waals surface area contributed by atoms with E-state index in [1.165, 1.54) is 5.57 Å². The van der Waals surface area contributed by atoms with Gasteiger partial charge in [-0.2, -0.15) is 0 Å². The molecule has 4 rings (SSSR count). The highest BCUT2D eigenvalue weighted by atomic mass is 16.3. The molecule has 0 radical (unpaired) electrons. The van der Waals surface area contributed by atoms with Crippen molar-refractivity contribution in [2.75, 3.05) is 0 Å². The van der Waals surface area contributed by atoms with Gasteiger partial charge < -0.3 is 5.11 Å². The summed E-state index contributed by atoms with van der Waals surface area (Å²) in [6.07, 6.45) is 6.83. The average Bonchev–Trinajstić information content (AvgIpc) is 2.76. The van der Waals surface area contributed by atoms with Crippen molar-refractivity contribution in [3.8, 4) is 0 Å². The second-order valence-electron chi connectivity index (χ2n) is 10.5. The molecular weight excluding hydrogens is 324 g/mol. The smallest absolute Gasteiger partial charge is 0.155 e. The number of hydrogen-bond acceptors (Lipinski definition) is 3. The minimum Gasteiger partial charge on any atom is -0.393 e. The lowest BCUT2D eigenvalue weighted by molar-refractivity contribution is -0.159. The van der Waals surface area contributed by atoms with Crippen LogP contribution in [0.2, 0.25) is 0 Å². The van der Waals surface area contributed by atoms with Crippen LogP contribution in [0.1, 0.15) is 73.1 Å². The standard InChI is InChI=1S/C23H34O3/c1-13-10-18-17-7-6-15-11-16(25)8-9-21(15,3)20(17)19(26)12-22(18,4)23(13,5)14(2)24/h11,13,17-20,26H,6-10,12H2,1-5H3. The third-order valence-electron chi connectivity index (χ3n) is 9.80. The van der Waals surface area contributed by atoms with Gasteiger partial charge in [-0.05, 0) is 79.6 Å². The highest BCUT2D eigenvalue weighted by molar-refractivity contribution is 5.91. The fourth-order valence-electron chi connectivity index (χ4n) is 7.99. The predicted molar refractivity (Wildman–Crippen MR) is 101 cm³/mol. The van der Waals surface area contributed by atoms with Crippen LogP contribution in [0, 0.1) is 39.9 Å². The Morgan fingerprint density at radius 2 is 1.92 bits per heavy atom. The lowest BCUT2D eigenvalue weighted by atomic mass is 9.44. The van der Waals surface area contributed by atoms with Crippen LogP contribution in [-0.4, -0.2) is 22.8 Å². The molecule has 0 amide bonds. The normalized spacial score (nSPS) is 53.4. The Bertz CT molecular complexity index is 694. The molecule has 144 valence electrons. The van der Waals surface area contributed by atoms with Crippen molar-refractivity contribution < 1.29 is 14.7 Å². The summed E-state index contributed by atoms with van der Waals surface area (Å²) in [4.78, 5) is 24.7. The van der Waals surface area contributed by atoms with Crippen LogP contribution in [0.5, 0.6) is 0 Å². The minimum atomic E-state index is -0.382. The van der Waals surface area contributed by atoms with Gasteiger partial charge in [0.2, 0.25) is 0 Å². The molecule has 3 fully saturated rings. The molecule has 0 aromatic heterocycles. The molecule has 8 atom stereocenters. The van der Waals surface area contributed by atoms with E-state index in [0.717, 1.165) is 32.1 Å². The van der Waals surface area contributed by atoms with E-state index in [1.54, 1.807) is 6.92 Å². The number of aliphatic hydroxyl groups is 1. The number of carbonyl (C=O) groups is 2.